The minimum atomic E-state index is -0.895. The number of carbonyl (C=O) groups is 1. The van der Waals surface area contributed by atoms with Gasteiger partial charge in [0.25, 0.3) is 11.7 Å². The van der Waals surface area contributed by atoms with Gasteiger partial charge in [0.15, 0.2) is 17.4 Å². The van der Waals surface area contributed by atoms with E-state index in [2.05, 4.69) is 5.32 Å². The van der Waals surface area contributed by atoms with Crippen molar-refractivity contribution in [2.75, 3.05) is 0 Å². The third-order valence-electron chi connectivity index (χ3n) is 4.24. The van der Waals surface area contributed by atoms with Crippen molar-refractivity contribution in [3.63, 3.8) is 0 Å². The number of aliphatic hydroxyl groups is 1. The monoisotopic (exact) mass is 412 g/mol. The van der Waals surface area contributed by atoms with Gasteiger partial charge in [0.2, 0.25) is 5.78 Å². The predicted octanol–water partition coefficient (Wildman–Crippen LogP) is 2.51. The topological polar surface area (TPSA) is 109 Å². The number of hydrogen-bond donors (Lipinski definition) is 2. The molecular formula is C20H18N3O5S+. The summed E-state index contributed by atoms with van der Waals surface area (Å²) in [6, 6.07) is 11.4. The van der Waals surface area contributed by atoms with Gasteiger partial charge < -0.3 is 14.8 Å². The van der Waals surface area contributed by atoms with Crippen molar-refractivity contribution < 1.29 is 23.8 Å². The molecular weight excluding hydrogens is 394 g/mol. The zero-order valence-electron chi connectivity index (χ0n) is 15.2. The SMILES string of the molecule is O=C(c1ccc([N+](=O)[O-])cc1)[C@@H](C(=S)NCc1ccco1)[n+]1cccc(CO)c1. The molecule has 0 saturated carbocycles. The number of aromatic nitrogens is 1. The molecule has 0 bridgehead atoms. The number of benzene rings is 1. The zero-order valence-corrected chi connectivity index (χ0v) is 16.0. The van der Waals surface area contributed by atoms with Crippen molar-refractivity contribution in [3.8, 4) is 0 Å². The minimum Gasteiger partial charge on any atom is -0.467 e. The first-order valence-corrected chi connectivity index (χ1v) is 9.09. The number of nitrogens with one attached hydrogen (secondary N) is 1. The first kappa shape index (κ1) is 20.3. The van der Waals surface area contributed by atoms with E-state index in [0.717, 1.165) is 0 Å². The van der Waals surface area contributed by atoms with Crippen LogP contribution in [0.15, 0.2) is 71.6 Å². The maximum Gasteiger partial charge on any atom is 0.270 e. The molecule has 9 heteroatoms. The lowest BCUT2D eigenvalue weighted by atomic mass is 10.0. The third-order valence-corrected chi connectivity index (χ3v) is 4.61. The lowest BCUT2D eigenvalue weighted by molar-refractivity contribution is -0.692. The molecule has 0 amide bonds. The number of nitro groups is 1. The van der Waals surface area contributed by atoms with Gasteiger partial charge in [0, 0.05) is 29.3 Å². The molecule has 8 nitrogen and oxygen atoms in total. The molecule has 0 fully saturated rings. The van der Waals surface area contributed by atoms with Crippen LogP contribution in [0.2, 0.25) is 0 Å². The van der Waals surface area contributed by atoms with Crippen molar-refractivity contribution >= 4 is 28.7 Å². The minimum absolute atomic E-state index is 0.105. The first-order valence-electron chi connectivity index (χ1n) is 8.69. The van der Waals surface area contributed by atoms with E-state index in [1.165, 1.54) is 24.3 Å². The van der Waals surface area contributed by atoms with Crippen molar-refractivity contribution in [3.05, 3.63) is 94.2 Å². The van der Waals surface area contributed by atoms with Gasteiger partial charge in [0.1, 0.15) is 5.76 Å². The molecule has 1 atom stereocenters. The van der Waals surface area contributed by atoms with Gasteiger partial charge in [-0.05, 0) is 30.3 Å². The van der Waals surface area contributed by atoms with Crippen LogP contribution in [-0.4, -0.2) is 20.8 Å². The predicted molar refractivity (Wildman–Crippen MR) is 107 cm³/mol. The average molecular weight is 412 g/mol. The quantitative estimate of drug-likeness (QED) is 0.192. The number of non-ortho nitro benzene ring substituents is 1. The molecule has 0 aliphatic carbocycles. The van der Waals surface area contributed by atoms with Crippen LogP contribution in [0.5, 0.6) is 0 Å². The van der Waals surface area contributed by atoms with Crippen LogP contribution in [-0.2, 0) is 13.2 Å². The maximum atomic E-state index is 13.2. The normalized spacial score (nSPS) is 11.6. The summed E-state index contributed by atoms with van der Waals surface area (Å²) in [5, 5.41) is 23.3. The van der Waals surface area contributed by atoms with Crippen LogP contribution >= 0.6 is 12.2 Å². The smallest absolute Gasteiger partial charge is 0.270 e. The Morgan fingerprint density at radius 1 is 1.24 bits per heavy atom. The van der Waals surface area contributed by atoms with E-state index in [1.807, 2.05) is 0 Å². The second kappa shape index (κ2) is 9.18. The Labute approximate surface area is 171 Å². The van der Waals surface area contributed by atoms with Gasteiger partial charge in [0.05, 0.1) is 24.3 Å². The number of nitrogens with zero attached hydrogens (tertiary/aromatic N) is 2. The summed E-state index contributed by atoms with van der Waals surface area (Å²) in [5.41, 5.74) is 0.791. The first-order chi connectivity index (χ1) is 14.0. The van der Waals surface area contributed by atoms with Crippen LogP contribution in [0.4, 0.5) is 5.69 Å². The second-order valence-corrected chi connectivity index (χ2v) is 6.63. The molecule has 2 aromatic heterocycles. The molecule has 0 spiro atoms. The molecule has 3 rings (SSSR count). The van der Waals surface area contributed by atoms with E-state index in [-0.39, 0.29) is 28.6 Å². The Morgan fingerprint density at radius 2 is 2.00 bits per heavy atom. The Bertz CT molecular complexity index is 1020. The number of aliphatic hydroxyl groups excluding tert-OH is 1. The summed E-state index contributed by atoms with van der Waals surface area (Å²) in [6.45, 7) is 0.113. The number of ketones is 1. The molecule has 3 aromatic rings. The summed E-state index contributed by atoms with van der Waals surface area (Å²) in [6.07, 6.45) is 4.85. The molecule has 0 aliphatic rings. The summed E-state index contributed by atoms with van der Waals surface area (Å²) >= 11 is 5.49. The molecule has 1 aromatic carbocycles. The van der Waals surface area contributed by atoms with Crippen LogP contribution in [0.25, 0.3) is 0 Å². The van der Waals surface area contributed by atoms with Crippen LogP contribution in [0, 0.1) is 10.1 Å². The molecule has 0 unspecified atom stereocenters. The average Bonchev–Trinajstić information content (AvgIpc) is 3.26. The van der Waals surface area contributed by atoms with E-state index in [0.29, 0.717) is 17.9 Å². The number of furan rings is 1. The number of hydrogen-bond acceptors (Lipinski definition) is 6. The fourth-order valence-corrected chi connectivity index (χ4v) is 3.08. The highest BCUT2D eigenvalue weighted by Gasteiger charge is 2.33. The fraction of sp³-hybridized carbons (Fsp3) is 0.150. The van der Waals surface area contributed by atoms with Gasteiger partial charge in [-0.1, -0.05) is 12.2 Å². The Hall–Kier alpha value is -3.43. The molecule has 0 radical (unpaired) electrons. The lowest BCUT2D eigenvalue weighted by Gasteiger charge is -2.14. The summed E-state index contributed by atoms with van der Waals surface area (Å²) in [7, 11) is 0. The molecule has 0 aliphatic heterocycles. The molecule has 2 heterocycles. The number of rotatable bonds is 8. The van der Waals surface area contributed by atoms with Crippen molar-refractivity contribution in [2.45, 2.75) is 19.2 Å². The number of pyridine rings is 1. The highest BCUT2D eigenvalue weighted by Crippen LogP contribution is 2.17. The van der Waals surface area contributed by atoms with Gasteiger partial charge in [-0.3, -0.25) is 14.9 Å². The Kier molecular flexibility index (Phi) is 6.43. The van der Waals surface area contributed by atoms with Crippen LogP contribution in [0.3, 0.4) is 0 Å². The number of thiocarbonyl (C=S) groups is 1. The number of nitro benzene ring substituents is 1. The molecule has 2 N–H and O–H groups in total. The second-order valence-electron chi connectivity index (χ2n) is 6.19. The molecule has 148 valence electrons. The van der Waals surface area contributed by atoms with Crippen molar-refractivity contribution in [1.82, 2.24) is 5.32 Å². The molecule has 29 heavy (non-hydrogen) atoms. The fourth-order valence-electron chi connectivity index (χ4n) is 2.78. The number of Topliss-reactive ketones (excluding diaryl/α,β-unsaturated/α-hetero) is 1. The van der Waals surface area contributed by atoms with Crippen molar-refractivity contribution in [2.24, 2.45) is 0 Å². The highest BCUT2D eigenvalue weighted by atomic mass is 32.1. The third kappa shape index (κ3) is 4.89. The Balaban J connectivity index is 1.91. The van der Waals surface area contributed by atoms with E-state index in [4.69, 9.17) is 16.6 Å². The van der Waals surface area contributed by atoms with Gasteiger partial charge in [-0.15, -0.1) is 0 Å². The summed E-state index contributed by atoms with van der Waals surface area (Å²) in [4.78, 5) is 23.8. The number of carbonyl (C=O) groups excluding carboxylic acids is 1. The maximum absolute atomic E-state index is 13.2. The molecule has 0 saturated heterocycles. The summed E-state index contributed by atoms with van der Waals surface area (Å²) < 4.78 is 6.88. The van der Waals surface area contributed by atoms with Crippen molar-refractivity contribution in [1.29, 1.82) is 0 Å². The lowest BCUT2D eigenvalue weighted by Crippen LogP contribution is -2.51. The van der Waals surface area contributed by atoms with Gasteiger partial charge in [-0.2, -0.15) is 4.57 Å². The van der Waals surface area contributed by atoms with E-state index in [1.54, 1.807) is 47.5 Å². The van der Waals surface area contributed by atoms with Gasteiger partial charge in [-0.25, -0.2) is 0 Å². The van der Waals surface area contributed by atoms with Gasteiger partial charge >= 0.3 is 0 Å². The van der Waals surface area contributed by atoms with E-state index in [9.17, 15) is 20.0 Å². The van der Waals surface area contributed by atoms with Crippen LogP contribution < -0.4 is 9.88 Å². The highest BCUT2D eigenvalue weighted by molar-refractivity contribution is 7.80. The van der Waals surface area contributed by atoms with E-state index < -0.39 is 11.0 Å². The Morgan fingerprint density at radius 3 is 2.62 bits per heavy atom. The van der Waals surface area contributed by atoms with E-state index >= 15 is 0 Å². The zero-order chi connectivity index (χ0) is 20.8. The summed E-state index contributed by atoms with van der Waals surface area (Å²) in [5.74, 6) is 0.319. The standard InChI is InChI=1S/C20H17N3O5S/c24-13-14-3-1-9-22(12-14)18(20(29)21-11-17-4-2-10-28-17)19(25)15-5-7-16(8-6-15)23(26)27/h1-10,12,18,24H,11,13H2/p+1/t18-/m0/s1. The largest absolute Gasteiger partial charge is 0.467 e. The van der Waals surface area contributed by atoms with Crippen LogP contribution in [0.1, 0.15) is 27.7 Å².